The van der Waals surface area contributed by atoms with Gasteiger partial charge < -0.3 is 9.84 Å². The number of unbranched alkanes of at least 4 members (excludes halogenated alkanes) is 2. The molecule has 0 bridgehead atoms. The monoisotopic (exact) mass is 477 g/mol. The van der Waals surface area contributed by atoms with Gasteiger partial charge in [0.25, 0.3) is 0 Å². The summed E-state index contributed by atoms with van der Waals surface area (Å²) < 4.78 is 5.37. The molecule has 0 saturated carbocycles. The minimum Gasteiger partial charge on any atom is -0.460 e. The molecule has 0 heterocycles. The van der Waals surface area contributed by atoms with Crippen molar-refractivity contribution in [3.8, 4) is 0 Å². The smallest absolute Gasteiger partial charge is 0.306 e. The molecule has 34 heavy (non-hydrogen) atoms. The minimum atomic E-state index is -1.50. The molecule has 0 saturated heterocycles. The van der Waals surface area contributed by atoms with Gasteiger partial charge in [0.2, 0.25) is 11.8 Å². The van der Waals surface area contributed by atoms with Crippen molar-refractivity contribution in [1.82, 2.24) is 10.7 Å². The van der Waals surface area contributed by atoms with Crippen molar-refractivity contribution in [3.63, 3.8) is 0 Å². The molecule has 1 aromatic carbocycles. The predicted octanol–water partition coefficient (Wildman–Crippen LogP) is 3.02. The van der Waals surface area contributed by atoms with Crippen LogP contribution in [0.3, 0.4) is 0 Å². The van der Waals surface area contributed by atoms with Crippen LogP contribution in [-0.4, -0.2) is 40.6 Å². The van der Waals surface area contributed by atoms with Crippen molar-refractivity contribution in [2.75, 3.05) is 6.61 Å². The number of amides is 2. The van der Waals surface area contributed by atoms with E-state index in [-0.39, 0.29) is 25.2 Å². The number of nitrogens with two attached hydrogens (primary N) is 1. The van der Waals surface area contributed by atoms with Crippen LogP contribution in [-0.2, 0) is 25.5 Å². The van der Waals surface area contributed by atoms with Crippen molar-refractivity contribution >= 4 is 17.8 Å². The number of esters is 1. The lowest BCUT2D eigenvalue weighted by molar-refractivity contribution is -0.158. The van der Waals surface area contributed by atoms with Crippen LogP contribution in [0.4, 0.5) is 0 Å². The van der Waals surface area contributed by atoms with E-state index >= 15 is 0 Å². The van der Waals surface area contributed by atoms with E-state index in [2.05, 4.69) is 22.9 Å². The standard InChI is InChI=1S/C26H43N3O5/c1-19(2)17-26(29-27,21(18-30)16-23(32)34-25(3,4)5)24(33)28-22(31)15-11-7-10-14-20-12-8-6-9-13-20/h6,8-9,12-13,19,21,29-30H,7,10-11,14-18,27H2,1-5H3,(H,28,31,33)/t21?,26-/m1/s1. The Morgan fingerprint density at radius 1 is 1.06 bits per heavy atom. The number of imide groups is 1. The molecule has 5 N–H and O–H groups in total. The van der Waals surface area contributed by atoms with E-state index in [1.807, 2.05) is 32.0 Å². The molecule has 2 amide bonds. The van der Waals surface area contributed by atoms with Gasteiger partial charge >= 0.3 is 5.97 Å². The van der Waals surface area contributed by atoms with Crippen molar-refractivity contribution < 1.29 is 24.2 Å². The molecule has 8 heteroatoms. The van der Waals surface area contributed by atoms with Gasteiger partial charge in [0.15, 0.2) is 0 Å². The maximum atomic E-state index is 13.2. The Balaban J connectivity index is 2.75. The quantitative estimate of drug-likeness (QED) is 0.140. The van der Waals surface area contributed by atoms with Crippen LogP contribution in [0.25, 0.3) is 0 Å². The molecule has 192 valence electrons. The Hall–Kier alpha value is -2.29. The van der Waals surface area contributed by atoms with E-state index in [0.717, 1.165) is 19.3 Å². The Kier molecular flexibility index (Phi) is 12.4. The molecule has 1 rings (SSSR count). The highest BCUT2D eigenvalue weighted by molar-refractivity contribution is 6.00. The zero-order valence-electron chi connectivity index (χ0n) is 21.4. The van der Waals surface area contributed by atoms with Crippen LogP contribution in [0.2, 0.25) is 0 Å². The summed E-state index contributed by atoms with van der Waals surface area (Å²) in [5, 5.41) is 12.5. The third kappa shape index (κ3) is 10.3. The summed E-state index contributed by atoms with van der Waals surface area (Å²) in [6.07, 6.45) is 3.63. The molecule has 0 radical (unpaired) electrons. The highest BCUT2D eigenvalue weighted by atomic mass is 16.6. The average Bonchev–Trinajstić information content (AvgIpc) is 2.75. The fraction of sp³-hybridized carbons (Fsp3) is 0.654. The zero-order chi connectivity index (χ0) is 25.8. The summed E-state index contributed by atoms with van der Waals surface area (Å²) in [7, 11) is 0. The molecular weight excluding hydrogens is 434 g/mol. The van der Waals surface area contributed by atoms with Crippen LogP contribution >= 0.6 is 0 Å². The molecule has 2 atom stereocenters. The molecule has 0 aliphatic carbocycles. The fourth-order valence-electron chi connectivity index (χ4n) is 4.05. The highest BCUT2D eigenvalue weighted by Crippen LogP contribution is 2.29. The number of rotatable bonds is 14. The molecule has 0 fully saturated rings. The molecule has 0 aliphatic heterocycles. The first-order valence-electron chi connectivity index (χ1n) is 12.1. The second kappa shape index (κ2) is 14.2. The van der Waals surface area contributed by atoms with Gasteiger partial charge in [-0.3, -0.25) is 25.5 Å². The summed E-state index contributed by atoms with van der Waals surface area (Å²) in [6.45, 7) is 8.55. The minimum absolute atomic E-state index is 0.00238. The van der Waals surface area contributed by atoms with Gasteiger partial charge in [-0.15, -0.1) is 0 Å². The summed E-state index contributed by atoms with van der Waals surface area (Å²) in [5.41, 5.74) is 1.59. The number of aryl methyl sites for hydroxylation is 1. The van der Waals surface area contributed by atoms with Gasteiger partial charge in [-0.2, -0.15) is 0 Å². The third-order valence-corrected chi connectivity index (χ3v) is 5.61. The Labute approximate surface area is 204 Å². The first kappa shape index (κ1) is 29.7. The fourth-order valence-corrected chi connectivity index (χ4v) is 4.05. The molecule has 0 spiro atoms. The number of benzene rings is 1. The Bertz CT molecular complexity index is 776. The number of hydrogen-bond donors (Lipinski definition) is 4. The summed E-state index contributed by atoms with van der Waals surface area (Å²) in [5.74, 6) is 3.37. The van der Waals surface area contributed by atoms with E-state index in [0.29, 0.717) is 6.42 Å². The van der Waals surface area contributed by atoms with E-state index in [9.17, 15) is 19.5 Å². The maximum Gasteiger partial charge on any atom is 0.306 e. The topological polar surface area (TPSA) is 131 Å². The lowest BCUT2D eigenvalue weighted by atomic mass is 9.76. The second-order valence-electron chi connectivity index (χ2n) is 10.3. The number of aliphatic hydroxyl groups is 1. The van der Waals surface area contributed by atoms with Gasteiger partial charge in [-0.1, -0.05) is 50.6 Å². The van der Waals surface area contributed by atoms with E-state index in [4.69, 9.17) is 10.6 Å². The molecule has 1 aromatic rings. The average molecular weight is 478 g/mol. The predicted molar refractivity (Wildman–Crippen MR) is 132 cm³/mol. The molecular formula is C26H43N3O5. The number of nitrogens with one attached hydrogen (secondary N) is 2. The summed E-state index contributed by atoms with van der Waals surface area (Å²) in [6, 6.07) is 10.1. The lowest BCUT2D eigenvalue weighted by Gasteiger charge is -2.39. The van der Waals surface area contributed by atoms with Crippen LogP contribution in [0, 0.1) is 11.8 Å². The summed E-state index contributed by atoms with van der Waals surface area (Å²) >= 11 is 0. The molecule has 8 nitrogen and oxygen atoms in total. The normalized spacial score (nSPS) is 14.4. The van der Waals surface area contributed by atoms with E-state index in [1.54, 1.807) is 20.8 Å². The number of hydrogen-bond acceptors (Lipinski definition) is 7. The van der Waals surface area contributed by atoms with Gasteiger partial charge in [0.1, 0.15) is 11.1 Å². The number of aliphatic hydroxyl groups excluding tert-OH is 1. The van der Waals surface area contributed by atoms with Crippen LogP contribution in [0.5, 0.6) is 0 Å². The zero-order valence-corrected chi connectivity index (χ0v) is 21.4. The first-order chi connectivity index (χ1) is 15.9. The maximum absolute atomic E-state index is 13.2. The molecule has 1 unspecified atom stereocenters. The lowest BCUT2D eigenvalue weighted by Crippen LogP contribution is -2.66. The number of ether oxygens (including phenoxy) is 1. The molecule has 0 aromatic heterocycles. The van der Waals surface area contributed by atoms with E-state index in [1.165, 1.54) is 5.56 Å². The Morgan fingerprint density at radius 2 is 1.71 bits per heavy atom. The molecule has 0 aliphatic rings. The SMILES string of the molecule is CC(C)C[C@](NN)(C(=O)NC(=O)CCCCCc1ccccc1)C(CO)CC(=O)OC(C)(C)C. The van der Waals surface area contributed by atoms with Gasteiger partial charge in [-0.05, 0) is 57.9 Å². The Morgan fingerprint density at radius 3 is 2.24 bits per heavy atom. The van der Waals surface area contributed by atoms with Crippen LogP contribution in [0.1, 0.15) is 78.7 Å². The summed E-state index contributed by atoms with van der Waals surface area (Å²) in [4.78, 5) is 38.2. The third-order valence-electron chi connectivity index (χ3n) is 5.61. The number of carbonyl (C=O) groups excluding carboxylic acids is 3. The van der Waals surface area contributed by atoms with Crippen molar-refractivity contribution in [2.24, 2.45) is 17.7 Å². The first-order valence-corrected chi connectivity index (χ1v) is 12.1. The number of carbonyl (C=O) groups is 3. The van der Waals surface area contributed by atoms with Gasteiger partial charge in [0.05, 0.1) is 6.42 Å². The second-order valence-corrected chi connectivity index (χ2v) is 10.3. The van der Waals surface area contributed by atoms with Crippen LogP contribution in [0.15, 0.2) is 30.3 Å². The van der Waals surface area contributed by atoms with Gasteiger partial charge in [-0.25, -0.2) is 5.43 Å². The van der Waals surface area contributed by atoms with E-state index < -0.39 is 41.4 Å². The largest absolute Gasteiger partial charge is 0.460 e. The van der Waals surface area contributed by atoms with Crippen molar-refractivity contribution in [1.29, 1.82) is 0 Å². The number of hydrazine groups is 1. The van der Waals surface area contributed by atoms with Crippen LogP contribution < -0.4 is 16.6 Å². The highest BCUT2D eigenvalue weighted by Gasteiger charge is 2.47. The van der Waals surface area contributed by atoms with Crippen molar-refractivity contribution in [3.05, 3.63) is 35.9 Å². The van der Waals surface area contributed by atoms with Crippen molar-refractivity contribution in [2.45, 2.75) is 90.7 Å². The van der Waals surface area contributed by atoms with Gasteiger partial charge in [0, 0.05) is 18.9 Å².